The molecule has 1 aromatic rings. The summed E-state index contributed by atoms with van der Waals surface area (Å²) in [5.41, 5.74) is 0.0827. The zero-order chi connectivity index (χ0) is 9.84. The van der Waals surface area contributed by atoms with Crippen LogP contribution in [0.2, 0.25) is 5.02 Å². The number of halogens is 1. The van der Waals surface area contributed by atoms with E-state index in [4.69, 9.17) is 11.6 Å². The summed E-state index contributed by atoms with van der Waals surface area (Å²) < 4.78 is 0. The van der Waals surface area contributed by atoms with E-state index in [1.54, 1.807) is 12.1 Å². The number of nitro benzene ring substituents is 1. The Morgan fingerprint density at radius 2 is 2.31 bits per heavy atom. The lowest BCUT2D eigenvalue weighted by atomic mass is 10.3. The van der Waals surface area contributed by atoms with Crippen molar-refractivity contribution in [1.82, 2.24) is 0 Å². The number of hydrogen-bond acceptors (Lipinski definition) is 3. The van der Waals surface area contributed by atoms with Crippen LogP contribution in [0, 0.1) is 10.1 Å². The first-order valence-corrected chi connectivity index (χ1v) is 5.08. The summed E-state index contributed by atoms with van der Waals surface area (Å²) in [6.07, 6.45) is 0. The molecule has 0 bridgehead atoms. The summed E-state index contributed by atoms with van der Waals surface area (Å²) in [5.74, 6) is 0.808. The van der Waals surface area contributed by atoms with Gasteiger partial charge in [0.05, 0.1) is 9.82 Å². The minimum Gasteiger partial charge on any atom is -0.258 e. The fraction of sp³-hybridized carbons (Fsp3) is 0.250. The van der Waals surface area contributed by atoms with Gasteiger partial charge in [0, 0.05) is 11.1 Å². The molecule has 0 spiro atoms. The first-order chi connectivity index (χ1) is 6.15. The first kappa shape index (κ1) is 10.3. The minimum absolute atomic E-state index is 0.0827. The van der Waals surface area contributed by atoms with Crippen LogP contribution in [0.5, 0.6) is 0 Å². The molecule has 0 atom stereocenters. The normalized spacial score (nSPS) is 10.0. The number of nitro groups is 1. The summed E-state index contributed by atoms with van der Waals surface area (Å²) in [6, 6.07) is 4.71. The Balaban J connectivity index is 3.10. The van der Waals surface area contributed by atoms with Gasteiger partial charge in [0.25, 0.3) is 5.69 Å². The molecule has 70 valence electrons. The Morgan fingerprint density at radius 3 is 2.85 bits per heavy atom. The summed E-state index contributed by atoms with van der Waals surface area (Å²) in [6.45, 7) is 1.95. The molecule has 0 radical (unpaired) electrons. The highest BCUT2D eigenvalue weighted by Gasteiger charge is 2.13. The number of hydrogen-bond donors (Lipinski definition) is 0. The number of rotatable bonds is 3. The summed E-state index contributed by atoms with van der Waals surface area (Å²) in [4.78, 5) is 10.8. The fourth-order valence-corrected chi connectivity index (χ4v) is 1.83. The molecule has 13 heavy (non-hydrogen) atoms. The van der Waals surface area contributed by atoms with Gasteiger partial charge in [-0.1, -0.05) is 18.5 Å². The second-order valence-electron chi connectivity index (χ2n) is 2.30. The van der Waals surface area contributed by atoms with Crippen LogP contribution < -0.4 is 0 Å². The Kier molecular flexibility index (Phi) is 3.57. The van der Waals surface area contributed by atoms with Crippen molar-refractivity contribution >= 4 is 29.1 Å². The van der Waals surface area contributed by atoms with E-state index in [9.17, 15) is 10.1 Å². The summed E-state index contributed by atoms with van der Waals surface area (Å²) in [7, 11) is 0. The van der Waals surface area contributed by atoms with Crippen LogP contribution in [0.25, 0.3) is 0 Å². The van der Waals surface area contributed by atoms with E-state index in [0.717, 1.165) is 5.75 Å². The zero-order valence-corrected chi connectivity index (χ0v) is 8.56. The van der Waals surface area contributed by atoms with Crippen molar-refractivity contribution in [3.05, 3.63) is 33.3 Å². The maximum Gasteiger partial charge on any atom is 0.284 e. The first-order valence-electron chi connectivity index (χ1n) is 3.72. The third kappa shape index (κ3) is 2.60. The van der Waals surface area contributed by atoms with E-state index >= 15 is 0 Å². The zero-order valence-electron chi connectivity index (χ0n) is 6.99. The van der Waals surface area contributed by atoms with Crippen LogP contribution in [-0.4, -0.2) is 10.7 Å². The highest BCUT2D eigenvalue weighted by Crippen LogP contribution is 2.31. The highest BCUT2D eigenvalue weighted by atomic mass is 35.5. The van der Waals surface area contributed by atoms with Crippen LogP contribution in [0.4, 0.5) is 5.69 Å². The van der Waals surface area contributed by atoms with Gasteiger partial charge in [-0.25, -0.2) is 0 Å². The lowest BCUT2D eigenvalue weighted by Gasteiger charge is -2.00. The van der Waals surface area contributed by atoms with Crippen LogP contribution in [0.1, 0.15) is 6.92 Å². The maximum atomic E-state index is 10.6. The number of benzene rings is 1. The van der Waals surface area contributed by atoms with Gasteiger partial charge in [-0.2, -0.15) is 0 Å². The largest absolute Gasteiger partial charge is 0.284 e. The third-order valence-electron chi connectivity index (χ3n) is 1.42. The molecule has 0 heterocycles. The van der Waals surface area contributed by atoms with Gasteiger partial charge < -0.3 is 0 Å². The van der Waals surface area contributed by atoms with Gasteiger partial charge in [-0.15, -0.1) is 11.8 Å². The van der Waals surface area contributed by atoms with Crippen molar-refractivity contribution in [2.24, 2.45) is 0 Å². The minimum atomic E-state index is -0.413. The molecule has 0 amide bonds. The fourth-order valence-electron chi connectivity index (χ4n) is 0.911. The summed E-state index contributed by atoms with van der Waals surface area (Å²) >= 11 is 7.09. The lowest BCUT2D eigenvalue weighted by molar-refractivity contribution is -0.387. The van der Waals surface area contributed by atoms with E-state index in [0.29, 0.717) is 9.92 Å². The van der Waals surface area contributed by atoms with Gasteiger partial charge in [-0.05, 0) is 17.9 Å². The van der Waals surface area contributed by atoms with Gasteiger partial charge in [-0.3, -0.25) is 10.1 Å². The van der Waals surface area contributed by atoms with E-state index in [-0.39, 0.29) is 5.69 Å². The van der Waals surface area contributed by atoms with E-state index in [1.165, 1.54) is 17.8 Å². The Bertz CT molecular complexity index is 330. The average Bonchev–Trinajstić information content (AvgIpc) is 2.08. The quantitative estimate of drug-likeness (QED) is 0.443. The second kappa shape index (κ2) is 4.48. The monoisotopic (exact) mass is 217 g/mol. The second-order valence-corrected chi connectivity index (χ2v) is 4.04. The summed E-state index contributed by atoms with van der Waals surface area (Å²) in [5, 5.41) is 11.0. The molecule has 0 saturated heterocycles. The molecule has 1 aromatic carbocycles. The van der Waals surface area contributed by atoms with Crippen molar-refractivity contribution in [3.63, 3.8) is 0 Å². The average molecular weight is 218 g/mol. The van der Waals surface area contributed by atoms with Crippen LogP contribution in [0.15, 0.2) is 23.1 Å². The molecule has 0 saturated carbocycles. The molecule has 1 rings (SSSR count). The van der Waals surface area contributed by atoms with Crippen molar-refractivity contribution in [2.75, 3.05) is 5.75 Å². The van der Waals surface area contributed by atoms with Gasteiger partial charge in [0.2, 0.25) is 0 Å². The molecule has 3 nitrogen and oxygen atoms in total. The maximum absolute atomic E-state index is 10.6. The van der Waals surface area contributed by atoms with Crippen molar-refractivity contribution in [3.8, 4) is 0 Å². The van der Waals surface area contributed by atoms with Crippen LogP contribution in [-0.2, 0) is 0 Å². The molecule has 0 aliphatic heterocycles. The van der Waals surface area contributed by atoms with Gasteiger partial charge >= 0.3 is 0 Å². The van der Waals surface area contributed by atoms with Crippen molar-refractivity contribution in [2.45, 2.75) is 11.8 Å². The topological polar surface area (TPSA) is 43.1 Å². The Morgan fingerprint density at radius 1 is 1.62 bits per heavy atom. The van der Waals surface area contributed by atoms with Crippen molar-refractivity contribution in [1.29, 1.82) is 0 Å². The molecule has 0 fully saturated rings. The molecule has 0 aromatic heterocycles. The molecule has 0 unspecified atom stereocenters. The van der Waals surface area contributed by atoms with Crippen molar-refractivity contribution < 1.29 is 4.92 Å². The van der Waals surface area contributed by atoms with Gasteiger partial charge in [0.15, 0.2) is 0 Å². The van der Waals surface area contributed by atoms with E-state index in [1.807, 2.05) is 6.92 Å². The smallest absolute Gasteiger partial charge is 0.258 e. The molecule has 0 N–H and O–H groups in total. The molecule has 0 aliphatic rings. The predicted octanol–water partition coefficient (Wildman–Crippen LogP) is 3.36. The molecule has 5 heteroatoms. The number of nitrogens with zero attached hydrogens (tertiary/aromatic N) is 1. The van der Waals surface area contributed by atoms with Crippen LogP contribution in [0.3, 0.4) is 0 Å². The molecular formula is C8H8ClNO2S. The predicted molar refractivity (Wildman–Crippen MR) is 54.5 cm³/mol. The van der Waals surface area contributed by atoms with Crippen LogP contribution >= 0.6 is 23.4 Å². The van der Waals surface area contributed by atoms with Gasteiger partial charge in [0.1, 0.15) is 0 Å². The molecular weight excluding hydrogens is 210 g/mol. The SMILES string of the molecule is CCSc1ccc(Cl)cc1[N+](=O)[O-]. The third-order valence-corrected chi connectivity index (χ3v) is 2.60. The molecule has 0 aliphatic carbocycles. The number of thioether (sulfide) groups is 1. The Hall–Kier alpha value is -0.740. The highest BCUT2D eigenvalue weighted by molar-refractivity contribution is 7.99. The van der Waals surface area contributed by atoms with E-state index < -0.39 is 4.92 Å². The van der Waals surface area contributed by atoms with E-state index in [2.05, 4.69) is 0 Å². The standard InChI is InChI=1S/C8H8ClNO2S/c1-2-13-8-4-3-6(9)5-7(8)10(11)12/h3-5H,2H2,1H3. The Labute approximate surface area is 85.2 Å². The lowest BCUT2D eigenvalue weighted by Crippen LogP contribution is -1.90.